The standard InChI is InChI=1S/C63H105N3O9/c1-4-7-10-13-16-19-22-25-34-43-56(73-51-53-38-30-28-31-39-53)47-59(68)65-55(50-67)42-37-46-64-63(72)58(49-62(71)74-52-54-40-32-29-33-41-54)66-60(69)48-57(44-35-26-23-20-17-14-11-8-5-2)75-61(70)45-36-27-24-21-18-15-12-9-6-3/h28-33,38-41,55-58,67H,4-27,34-37,42-52H2,1-3H3,(H,64,72)(H,65,68)(H,66,69)/t55-,56-,57-,58-/m1/s1. The van der Waals surface area contributed by atoms with E-state index in [1.54, 1.807) is 0 Å². The van der Waals surface area contributed by atoms with Crippen LogP contribution in [0.2, 0.25) is 0 Å². The topological polar surface area (TPSA) is 169 Å². The highest BCUT2D eigenvalue weighted by atomic mass is 16.5. The summed E-state index contributed by atoms with van der Waals surface area (Å²) in [4.78, 5) is 67.3. The number of nitrogens with one attached hydrogen (secondary N) is 3. The highest BCUT2D eigenvalue weighted by Gasteiger charge is 2.27. The number of benzene rings is 2. The molecular weight excluding hydrogens is 943 g/mol. The number of aliphatic hydroxyl groups is 1. The van der Waals surface area contributed by atoms with Crippen molar-refractivity contribution in [2.75, 3.05) is 13.2 Å². The van der Waals surface area contributed by atoms with Crippen LogP contribution in [0.4, 0.5) is 0 Å². The van der Waals surface area contributed by atoms with E-state index < -0.39 is 42.4 Å². The Hall–Kier alpha value is -4.29. The SMILES string of the molecule is CCCCCCCCCCCC(=O)O[C@H](CCCCCCCCCCC)CC(=O)N[C@H](CC(=O)OCc1ccccc1)C(=O)NCCC[C@H](CO)NC(=O)C[C@@H](CCCCCCCCCCC)OCc1ccccc1. The molecule has 0 bridgehead atoms. The second kappa shape index (κ2) is 47.0. The summed E-state index contributed by atoms with van der Waals surface area (Å²) in [6.45, 7) is 7.01. The minimum Gasteiger partial charge on any atom is -0.462 e. The van der Waals surface area contributed by atoms with Crippen molar-refractivity contribution in [1.82, 2.24) is 16.0 Å². The molecule has 75 heavy (non-hydrogen) atoms. The lowest BCUT2D eigenvalue weighted by atomic mass is 10.0. The van der Waals surface area contributed by atoms with E-state index in [9.17, 15) is 29.1 Å². The summed E-state index contributed by atoms with van der Waals surface area (Å²) in [5.41, 5.74) is 1.84. The normalized spacial score (nSPS) is 12.9. The molecule has 3 amide bonds. The molecule has 4 N–H and O–H groups in total. The number of carbonyl (C=O) groups excluding carboxylic acids is 5. The third-order valence-corrected chi connectivity index (χ3v) is 14.1. The average Bonchev–Trinajstić information content (AvgIpc) is 3.41. The maximum atomic E-state index is 13.8. The number of esters is 2. The van der Waals surface area contributed by atoms with Crippen LogP contribution in [-0.4, -0.2) is 72.2 Å². The van der Waals surface area contributed by atoms with Gasteiger partial charge in [-0.3, -0.25) is 24.0 Å². The molecule has 2 aromatic rings. The molecule has 12 nitrogen and oxygen atoms in total. The fourth-order valence-electron chi connectivity index (χ4n) is 9.44. The van der Waals surface area contributed by atoms with Crippen LogP contribution in [0.25, 0.3) is 0 Å². The Balaban J connectivity index is 2.01. The number of ether oxygens (including phenoxy) is 3. The Kier molecular flexibility index (Phi) is 41.8. The van der Waals surface area contributed by atoms with Crippen LogP contribution in [0, 0.1) is 0 Å². The molecule has 2 rings (SSSR count). The maximum absolute atomic E-state index is 13.8. The molecular formula is C63H105N3O9. The van der Waals surface area contributed by atoms with Gasteiger partial charge < -0.3 is 35.3 Å². The number of amides is 3. The number of rotatable bonds is 50. The summed E-state index contributed by atoms with van der Waals surface area (Å²) in [7, 11) is 0. The van der Waals surface area contributed by atoms with E-state index in [1.165, 1.54) is 116 Å². The van der Waals surface area contributed by atoms with Gasteiger partial charge >= 0.3 is 11.9 Å². The maximum Gasteiger partial charge on any atom is 0.308 e. The summed E-state index contributed by atoms with van der Waals surface area (Å²) in [6, 6.07) is 17.4. The van der Waals surface area contributed by atoms with Crippen molar-refractivity contribution in [3.63, 3.8) is 0 Å². The quantitative estimate of drug-likeness (QED) is 0.0372. The molecule has 0 aliphatic heterocycles. The van der Waals surface area contributed by atoms with Crippen LogP contribution in [0.5, 0.6) is 0 Å². The van der Waals surface area contributed by atoms with Gasteiger partial charge in [-0.15, -0.1) is 0 Å². The third-order valence-electron chi connectivity index (χ3n) is 14.1. The van der Waals surface area contributed by atoms with Crippen LogP contribution in [-0.2, 0) is 51.4 Å². The number of aliphatic hydroxyl groups excluding tert-OH is 1. The lowest BCUT2D eigenvalue weighted by molar-refractivity contribution is -0.151. The van der Waals surface area contributed by atoms with E-state index in [0.717, 1.165) is 75.3 Å². The number of unbranched alkanes of at least 4 members (excludes halogenated alkanes) is 24. The Bertz CT molecular complexity index is 1710. The first kappa shape index (κ1) is 66.8. The predicted molar refractivity (Wildman–Crippen MR) is 304 cm³/mol. The van der Waals surface area contributed by atoms with Crippen molar-refractivity contribution in [2.24, 2.45) is 0 Å². The average molecular weight is 1050 g/mol. The number of hydrogen-bond donors (Lipinski definition) is 4. The summed E-state index contributed by atoms with van der Waals surface area (Å²) in [5.74, 6) is -2.21. The molecule has 0 aliphatic rings. The first-order valence-electron chi connectivity index (χ1n) is 30.2. The van der Waals surface area contributed by atoms with Crippen molar-refractivity contribution in [1.29, 1.82) is 0 Å². The fraction of sp³-hybridized carbons (Fsp3) is 0.730. The van der Waals surface area contributed by atoms with E-state index in [2.05, 4.69) is 36.7 Å². The molecule has 0 radical (unpaired) electrons. The molecule has 0 spiro atoms. The second-order valence-electron chi connectivity index (χ2n) is 21.1. The van der Waals surface area contributed by atoms with Crippen molar-refractivity contribution >= 4 is 29.7 Å². The van der Waals surface area contributed by atoms with Crippen molar-refractivity contribution in [2.45, 2.75) is 283 Å². The molecule has 12 heteroatoms. The van der Waals surface area contributed by atoms with Gasteiger partial charge in [0.2, 0.25) is 17.7 Å². The van der Waals surface area contributed by atoms with E-state index >= 15 is 0 Å². The summed E-state index contributed by atoms with van der Waals surface area (Å²) in [6.07, 6.45) is 32.5. The minimum atomic E-state index is -1.24. The largest absolute Gasteiger partial charge is 0.462 e. The zero-order valence-corrected chi connectivity index (χ0v) is 47.4. The smallest absolute Gasteiger partial charge is 0.308 e. The highest BCUT2D eigenvalue weighted by Crippen LogP contribution is 2.19. The summed E-state index contributed by atoms with van der Waals surface area (Å²) >= 11 is 0. The lowest BCUT2D eigenvalue weighted by Crippen LogP contribution is -2.49. The van der Waals surface area contributed by atoms with E-state index in [-0.39, 0.29) is 50.6 Å². The highest BCUT2D eigenvalue weighted by molar-refractivity contribution is 5.91. The van der Waals surface area contributed by atoms with Gasteiger partial charge in [-0.2, -0.15) is 0 Å². The monoisotopic (exact) mass is 1050 g/mol. The Morgan fingerprint density at radius 3 is 1.41 bits per heavy atom. The van der Waals surface area contributed by atoms with Gasteiger partial charge in [0.25, 0.3) is 0 Å². The van der Waals surface area contributed by atoms with Gasteiger partial charge in [-0.1, -0.05) is 242 Å². The zero-order chi connectivity index (χ0) is 54.2. The second-order valence-corrected chi connectivity index (χ2v) is 21.1. The van der Waals surface area contributed by atoms with Gasteiger partial charge in [-0.05, 0) is 49.7 Å². The Morgan fingerprint density at radius 2 is 0.907 bits per heavy atom. The van der Waals surface area contributed by atoms with Crippen LogP contribution in [0.15, 0.2) is 60.7 Å². The van der Waals surface area contributed by atoms with Gasteiger partial charge in [0.15, 0.2) is 0 Å². The molecule has 0 unspecified atom stereocenters. The summed E-state index contributed by atoms with van der Waals surface area (Å²) < 4.78 is 17.8. The molecule has 0 aromatic heterocycles. The molecule has 426 valence electrons. The fourth-order valence-corrected chi connectivity index (χ4v) is 9.44. The van der Waals surface area contributed by atoms with Crippen LogP contribution in [0.3, 0.4) is 0 Å². The molecule has 2 aromatic carbocycles. The Labute approximate surface area is 455 Å². The lowest BCUT2D eigenvalue weighted by Gasteiger charge is -2.22. The van der Waals surface area contributed by atoms with Gasteiger partial charge in [0.05, 0.1) is 44.6 Å². The van der Waals surface area contributed by atoms with Crippen molar-refractivity contribution in [3.05, 3.63) is 71.8 Å². The van der Waals surface area contributed by atoms with Gasteiger partial charge in [0, 0.05) is 13.0 Å². The van der Waals surface area contributed by atoms with Gasteiger partial charge in [0.1, 0.15) is 18.8 Å². The minimum absolute atomic E-state index is 0.0190. The van der Waals surface area contributed by atoms with Crippen molar-refractivity contribution < 1.29 is 43.3 Å². The first-order chi connectivity index (χ1) is 36.7. The summed E-state index contributed by atoms with van der Waals surface area (Å²) in [5, 5.41) is 18.9. The molecule has 0 saturated carbocycles. The first-order valence-corrected chi connectivity index (χ1v) is 30.2. The van der Waals surface area contributed by atoms with Crippen LogP contribution in [0.1, 0.15) is 257 Å². The van der Waals surface area contributed by atoms with E-state index in [4.69, 9.17) is 14.2 Å². The van der Waals surface area contributed by atoms with Crippen LogP contribution < -0.4 is 16.0 Å². The third kappa shape index (κ3) is 38.0. The predicted octanol–water partition coefficient (Wildman–Crippen LogP) is 14.0. The number of carbonyl (C=O) groups is 5. The van der Waals surface area contributed by atoms with Crippen LogP contribution >= 0.6 is 0 Å². The molecule has 0 aliphatic carbocycles. The van der Waals surface area contributed by atoms with E-state index in [1.807, 2.05) is 60.7 Å². The van der Waals surface area contributed by atoms with E-state index in [0.29, 0.717) is 32.3 Å². The molecule has 0 saturated heterocycles. The molecule has 0 fully saturated rings. The zero-order valence-electron chi connectivity index (χ0n) is 47.4. The molecule has 4 atom stereocenters. The van der Waals surface area contributed by atoms with Gasteiger partial charge in [-0.25, -0.2) is 0 Å². The Morgan fingerprint density at radius 1 is 0.467 bits per heavy atom. The molecule has 0 heterocycles. The van der Waals surface area contributed by atoms with Crippen molar-refractivity contribution in [3.8, 4) is 0 Å². The number of hydrogen-bond acceptors (Lipinski definition) is 9.